The van der Waals surface area contributed by atoms with E-state index >= 15 is 0 Å². The first-order valence-corrected chi connectivity index (χ1v) is 7.65. The van der Waals surface area contributed by atoms with Crippen molar-refractivity contribution < 1.29 is 0 Å². The van der Waals surface area contributed by atoms with Crippen LogP contribution in [0.15, 0.2) is 42.5 Å². The highest BCUT2D eigenvalue weighted by molar-refractivity contribution is 5.38. The van der Waals surface area contributed by atoms with Crippen LogP contribution in [0.2, 0.25) is 0 Å². The van der Waals surface area contributed by atoms with Gasteiger partial charge >= 0.3 is 0 Å². The summed E-state index contributed by atoms with van der Waals surface area (Å²) in [6, 6.07) is 15.9. The summed E-state index contributed by atoms with van der Waals surface area (Å²) in [5.74, 6) is 1.19. The van der Waals surface area contributed by atoms with Gasteiger partial charge in [0.05, 0.1) is 0 Å². The van der Waals surface area contributed by atoms with Crippen LogP contribution in [-0.2, 0) is 6.42 Å². The first-order valence-electron chi connectivity index (χ1n) is 7.65. The van der Waals surface area contributed by atoms with E-state index in [2.05, 4.69) is 77.1 Å². The van der Waals surface area contributed by atoms with E-state index in [0.717, 1.165) is 6.42 Å². The van der Waals surface area contributed by atoms with E-state index in [1.807, 2.05) is 0 Å². The van der Waals surface area contributed by atoms with Crippen molar-refractivity contribution in [3.63, 3.8) is 0 Å². The molecule has 0 aliphatic heterocycles. The lowest BCUT2D eigenvalue weighted by Gasteiger charge is -2.14. The number of rotatable bonds is 4. The van der Waals surface area contributed by atoms with Gasteiger partial charge in [-0.1, -0.05) is 75.7 Å². The van der Waals surface area contributed by atoms with Gasteiger partial charge < -0.3 is 0 Å². The minimum absolute atomic E-state index is 0.583. The molecule has 0 saturated heterocycles. The smallest absolute Gasteiger partial charge is 0.00229 e. The highest BCUT2D eigenvalue weighted by Crippen LogP contribution is 2.24. The summed E-state index contributed by atoms with van der Waals surface area (Å²) in [7, 11) is 0. The maximum Gasteiger partial charge on any atom is -0.00229 e. The molecular formula is C20H26. The molecule has 2 aromatic carbocycles. The predicted molar refractivity (Wildman–Crippen MR) is 88.6 cm³/mol. The van der Waals surface area contributed by atoms with Crippen molar-refractivity contribution in [3.05, 3.63) is 70.3 Å². The lowest BCUT2D eigenvalue weighted by molar-refractivity contribution is 0.845. The third-order valence-corrected chi connectivity index (χ3v) is 3.96. The second-order valence-corrected chi connectivity index (χ2v) is 6.43. The lowest BCUT2D eigenvalue weighted by Crippen LogP contribution is -1.99. The molecule has 2 rings (SSSR count). The van der Waals surface area contributed by atoms with Crippen molar-refractivity contribution in [2.24, 2.45) is 0 Å². The highest BCUT2D eigenvalue weighted by atomic mass is 14.1. The van der Waals surface area contributed by atoms with Gasteiger partial charge in [0.15, 0.2) is 0 Å². The van der Waals surface area contributed by atoms with Crippen molar-refractivity contribution in [2.75, 3.05) is 0 Å². The molecule has 0 spiro atoms. The minimum atomic E-state index is 0.583. The van der Waals surface area contributed by atoms with Crippen molar-refractivity contribution in [3.8, 4) is 0 Å². The Bertz CT molecular complexity index is 559. The Hall–Kier alpha value is -1.56. The molecule has 0 nitrogen and oxygen atoms in total. The third kappa shape index (κ3) is 3.50. The Labute approximate surface area is 123 Å². The lowest BCUT2D eigenvalue weighted by atomic mass is 9.91. The molecule has 0 heterocycles. The fourth-order valence-corrected chi connectivity index (χ4v) is 2.65. The van der Waals surface area contributed by atoms with Gasteiger partial charge in [-0.2, -0.15) is 0 Å². The summed E-state index contributed by atoms with van der Waals surface area (Å²) in [5, 5.41) is 0. The molecule has 0 N–H and O–H groups in total. The Morgan fingerprint density at radius 1 is 0.800 bits per heavy atom. The molecule has 106 valence electrons. The predicted octanol–water partition coefficient (Wildman–Crippen LogP) is 5.83. The number of hydrogen-bond donors (Lipinski definition) is 0. The average molecular weight is 266 g/mol. The summed E-state index contributed by atoms with van der Waals surface area (Å²) in [4.78, 5) is 0. The maximum absolute atomic E-state index is 2.34. The van der Waals surface area contributed by atoms with E-state index < -0.39 is 0 Å². The largest absolute Gasteiger partial charge is 0.0590 e. The zero-order valence-electron chi connectivity index (χ0n) is 13.4. The van der Waals surface area contributed by atoms with Gasteiger partial charge in [-0.25, -0.2) is 0 Å². The molecule has 2 aromatic rings. The van der Waals surface area contributed by atoms with Crippen molar-refractivity contribution in [2.45, 2.75) is 52.9 Å². The van der Waals surface area contributed by atoms with Crippen molar-refractivity contribution in [1.29, 1.82) is 0 Å². The molecule has 0 aliphatic rings. The topological polar surface area (TPSA) is 0 Å². The number of aryl methyl sites for hydroxylation is 1. The summed E-state index contributed by atoms with van der Waals surface area (Å²) in [6.07, 6.45) is 1.03. The number of benzene rings is 2. The van der Waals surface area contributed by atoms with Crippen LogP contribution in [0, 0.1) is 6.92 Å². The molecule has 0 heteroatoms. The molecule has 0 radical (unpaired) electrons. The van der Waals surface area contributed by atoms with Crippen molar-refractivity contribution in [1.82, 2.24) is 0 Å². The molecule has 0 aliphatic carbocycles. The molecule has 0 aromatic heterocycles. The fourth-order valence-electron chi connectivity index (χ4n) is 2.65. The Morgan fingerprint density at radius 2 is 1.45 bits per heavy atom. The Kier molecular flexibility index (Phi) is 4.65. The second-order valence-electron chi connectivity index (χ2n) is 6.43. The molecule has 0 unspecified atom stereocenters. The van der Waals surface area contributed by atoms with Crippen LogP contribution in [0.25, 0.3) is 0 Å². The normalized spacial score (nSPS) is 11.3. The van der Waals surface area contributed by atoms with Crippen LogP contribution >= 0.6 is 0 Å². The highest BCUT2D eigenvalue weighted by Gasteiger charge is 2.08. The second kappa shape index (κ2) is 6.26. The van der Waals surface area contributed by atoms with E-state index in [4.69, 9.17) is 0 Å². The van der Waals surface area contributed by atoms with Crippen LogP contribution in [0.3, 0.4) is 0 Å². The zero-order chi connectivity index (χ0) is 14.7. The molecule has 0 bridgehead atoms. The summed E-state index contributed by atoms with van der Waals surface area (Å²) in [6.45, 7) is 11.2. The molecule has 20 heavy (non-hydrogen) atoms. The first kappa shape index (κ1) is 14.8. The Balaban J connectivity index is 2.25. The van der Waals surface area contributed by atoms with E-state index in [0.29, 0.717) is 11.8 Å². The van der Waals surface area contributed by atoms with Gasteiger partial charge in [0.25, 0.3) is 0 Å². The van der Waals surface area contributed by atoms with Gasteiger partial charge in [0.1, 0.15) is 0 Å². The molecule has 0 amide bonds. The van der Waals surface area contributed by atoms with E-state index in [1.54, 1.807) is 0 Å². The van der Waals surface area contributed by atoms with Crippen molar-refractivity contribution >= 4 is 0 Å². The quantitative estimate of drug-likeness (QED) is 0.653. The van der Waals surface area contributed by atoms with Crippen LogP contribution in [-0.4, -0.2) is 0 Å². The van der Waals surface area contributed by atoms with Crippen LogP contribution in [0.5, 0.6) is 0 Å². The van der Waals surface area contributed by atoms with Crippen LogP contribution in [0.1, 0.15) is 67.3 Å². The van der Waals surface area contributed by atoms with Gasteiger partial charge in [-0.05, 0) is 47.4 Å². The number of hydrogen-bond acceptors (Lipinski definition) is 0. The fraction of sp³-hybridized carbons (Fsp3) is 0.400. The monoisotopic (exact) mass is 266 g/mol. The van der Waals surface area contributed by atoms with E-state index in [-0.39, 0.29) is 0 Å². The molecule has 0 atom stereocenters. The van der Waals surface area contributed by atoms with Gasteiger partial charge in [0.2, 0.25) is 0 Å². The van der Waals surface area contributed by atoms with Gasteiger partial charge in [-0.3, -0.25) is 0 Å². The van der Waals surface area contributed by atoms with Gasteiger partial charge in [0, 0.05) is 0 Å². The molecular weight excluding hydrogens is 240 g/mol. The first-order chi connectivity index (χ1) is 9.47. The van der Waals surface area contributed by atoms with Crippen LogP contribution in [0.4, 0.5) is 0 Å². The van der Waals surface area contributed by atoms with Gasteiger partial charge in [-0.15, -0.1) is 0 Å². The standard InChI is InChI=1S/C20H26/c1-14(2)18-10-7-17(8-11-18)13-19-9-6-16(5)12-20(19)15(3)4/h6-12,14-15H,13H2,1-5H3. The summed E-state index contributed by atoms with van der Waals surface area (Å²) in [5.41, 5.74) is 7.12. The summed E-state index contributed by atoms with van der Waals surface area (Å²) >= 11 is 0. The average Bonchev–Trinajstić information content (AvgIpc) is 2.41. The van der Waals surface area contributed by atoms with E-state index in [1.165, 1.54) is 27.8 Å². The third-order valence-electron chi connectivity index (χ3n) is 3.96. The maximum atomic E-state index is 2.34. The van der Waals surface area contributed by atoms with E-state index in [9.17, 15) is 0 Å². The Morgan fingerprint density at radius 3 is 2.00 bits per heavy atom. The van der Waals surface area contributed by atoms with Crippen LogP contribution < -0.4 is 0 Å². The SMILES string of the molecule is Cc1ccc(Cc2ccc(C(C)C)cc2)c(C(C)C)c1. The zero-order valence-corrected chi connectivity index (χ0v) is 13.4. The minimum Gasteiger partial charge on any atom is -0.0590 e. The molecule has 0 saturated carbocycles. The molecule has 0 fully saturated rings. The summed E-state index contributed by atoms with van der Waals surface area (Å²) < 4.78 is 0.